The molecular formula is C23H29NO2. The van der Waals surface area contributed by atoms with Crippen LogP contribution in [0.2, 0.25) is 0 Å². The number of hydrogen-bond acceptors (Lipinski definition) is 3. The number of aliphatic hydroxyl groups excluding tert-OH is 1. The van der Waals surface area contributed by atoms with Crippen molar-refractivity contribution in [2.75, 3.05) is 19.6 Å². The zero-order chi connectivity index (χ0) is 18.0. The third-order valence-electron chi connectivity index (χ3n) is 6.51. The highest BCUT2D eigenvalue weighted by molar-refractivity contribution is 5.27. The van der Waals surface area contributed by atoms with Crippen LogP contribution < -0.4 is 0 Å². The fourth-order valence-electron chi connectivity index (χ4n) is 5.00. The molecule has 5 rings (SSSR count). The van der Waals surface area contributed by atoms with Crippen molar-refractivity contribution in [3.05, 3.63) is 71.3 Å². The average molecular weight is 351 g/mol. The third kappa shape index (κ3) is 3.44. The lowest BCUT2D eigenvalue weighted by molar-refractivity contribution is -0.106. The molecule has 138 valence electrons. The normalized spacial score (nSPS) is 27.2. The summed E-state index contributed by atoms with van der Waals surface area (Å²) in [6.07, 6.45) is 3.96. The summed E-state index contributed by atoms with van der Waals surface area (Å²) < 4.78 is 0. The number of fused-ring (bicyclic) bond motifs is 3. The molecule has 2 aromatic rings. The van der Waals surface area contributed by atoms with Gasteiger partial charge in [-0.05, 0) is 61.4 Å². The molecule has 2 atom stereocenters. The first-order valence-electron chi connectivity index (χ1n) is 9.88. The minimum Gasteiger partial charge on any atom is -0.392 e. The van der Waals surface area contributed by atoms with E-state index in [0.717, 1.165) is 30.5 Å². The smallest absolute Gasteiger partial charge is 0.0942 e. The Morgan fingerprint density at radius 3 is 2.35 bits per heavy atom. The molecule has 2 N–H and O–H groups in total. The number of hydrogen-bond donors (Lipinski definition) is 2. The van der Waals surface area contributed by atoms with E-state index in [1.54, 1.807) is 0 Å². The van der Waals surface area contributed by atoms with Crippen molar-refractivity contribution in [3.63, 3.8) is 0 Å². The van der Waals surface area contributed by atoms with Gasteiger partial charge in [0.15, 0.2) is 0 Å². The van der Waals surface area contributed by atoms with Crippen molar-refractivity contribution in [1.82, 2.24) is 4.90 Å². The number of nitrogens with zero attached hydrogens (tertiary/aromatic N) is 1. The second-order valence-electron chi connectivity index (χ2n) is 8.01. The van der Waals surface area contributed by atoms with E-state index in [2.05, 4.69) is 29.2 Å². The summed E-state index contributed by atoms with van der Waals surface area (Å²) in [5, 5.41) is 21.3. The SMILES string of the molecule is OCc1cccc(CCC(O)(c2ccccc2)C2CN3CCC2CC3)c1. The zero-order valence-electron chi connectivity index (χ0n) is 15.3. The van der Waals surface area contributed by atoms with E-state index in [1.165, 1.54) is 31.5 Å². The van der Waals surface area contributed by atoms with Crippen molar-refractivity contribution in [3.8, 4) is 0 Å². The van der Waals surface area contributed by atoms with Crippen LogP contribution in [0.15, 0.2) is 54.6 Å². The molecule has 3 aliphatic heterocycles. The van der Waals surface area contributed by atoms with Crippen molar-refractivity contribution in [2.24, 2.45) is 11.8 Å². The molecule has 0 spiro atoms. The molecule has 0 radical (unpaired) electrons. The van der Waals surface area contributed by atoms with Crippen molar-refractivity contribution in [1.29, 1.82) is 0 Å². The molecular weight excluding hydrogens is 322 g/mol. The standard InChI is InChI=1S/C23H29NO2/c25-17-19-6-4-5-18(15-19)9-12-23(26,21-7-2-1-3-8-21)22-16-24-13-10-20(22)11-14-24/h1-8,15,20,22,25-26H,9-14,16-17H2. The van der Waals surface area contributed by atoms with Gasteiger partial charge in [-0.2, -0.15) is 0 Å². The summed E-state index contributed by atoms with van der Waals surface area (Å²) in [7, 11) is 0. The zero-order valence-corrected chi connectivity index (χ0v) is 15.3. The van der Waals surface area contributed by atoms with Gasteiger partial charge in [0.05, 0.1) is 12.2 Å². The van der Waals surface area contributed by atoms with E-state index in [1.807, 2.05) is 30.3 Å². The summed E-state index contributed by atoms with van der Waals surface area (Å²) in [5.74, 6) is 0.919. The largest absolute Gasteiger partial charge is 0.392 e. The average Bonchev–Trinajstić information content (AvgIpc) is 2.73. The van der Waals surface area contributed by atoms with Gasteiger partial charge in [-0.3, -0.25) is 0 Å². The van der Waals surface area contributed by atoms with Crippen LogP contribution in [-0.2, 0) is 18.6 Å². The van der Waals surface area contributed by atoms with E-state index < -0.39 is 5.60 Å². The molecule has 2 aromatic carbocycles. The second kappa shape index (κ2) is 7.51. The molecule has 0 aromatic heterocycles. The monoisotopic (exact) mass is 351 g/mol. The Kier molecular flexibility index (Phi) is 5.12. The van der Waals surface area contributed by atoms with Crippen molar-refractivity contribution >= 4 is 0 Å². The maximum Gasteiger partial charge on any atom is 0.0942 e. The molecule has 0 amide bonds. The highest BCUT2D eigenvalue weighted by atomic mass is 16.3. The first-order chi connectivity index (χ1) is 12.7. The molecule has 3 heterocycles. The molecule has 3 nitrogen and oxygen atoms in total. The summed E-state index contributed by atoms with van der Waals surface area (Å²) in [4.78, 5) is 2.52. The molecule has 3 saturated heterocycles. The van der Waals surface area contributed by atoms with Gasteiger partial charge in [0.2, 0.25) is 0 Å². The van der Waals surface area contributed by atoms with Gasteiger partial charge in [0.25, 0.3) is 0 Å². The van der Waals surface area contributed by atoms with Crippen LogP contribution in [0.5, 0.6) is 0 Å². The van der Waals surface area contributed by atoms with Gasteiger partial charge in [-0.25, -0.2) is 0 Å². The summed E-state index contributed by atoms with van der Waals surface area (Å²) in [6, 6.07) is 18.4. The maximum atomic E-state index is 11.9. The lowest BCUT2D eigenvalue weighted by atomic mass is 9.66. The molecule has 3 fully saturated rings. The highest BCUT2D eigenvalue weighted by Crippen LogP contribution is 2.45. The van der Waals surface area contributed by atoms with E-state index in [4.69, 9.17) is 0 Å². The molecule has 0 saturated carbocycles. The van der Waals surface area contributed by atoms with E-state index in [0.29, 0.717) is 11.8 Å². The van der Waals surface area contributed by atoms with Crippen LogP contribution in [0.25, 0.3) is 0 Å². The maximum absolute atomic E-state index is 11.9. The molecule has 2 unspecified atom stereocenters. The van der Waals surface area contributed by atoms with Gasteiger partial charge in [0.1, 0.15) is 0 Å². The van der Waals surface area contributed by atoms with Crippen LogP contribution >= 0.6 is 0 Å². The molecule has 3 heteroatoms. The summed E-state index contributed by atoms with van der Waals surface area (Å²) in [6.45, 7) is 3.44. The quantitative estimate of drug-likeness (QED) is 0.839. The van der Waals surface area contributed by atoms with Crippen LogP contribution in [0.1, 0.15) is 36.0 Å². The van der Waals surface area contributed by atoms with Crippen molar-refractivity contribution < 1.29 is 10.2 Å². The number of piperidine rings is 3. The Morgan fingerprint density at radius 2 is 1.69 bits per heavy atom. The van der Waals surface area contributed by atoms with Crippen LogP contribution in [-0.4, -0.2) is 34.7 Å². The Labute approximate surface area is 156 Å². The number of rotatable bonds is 6. The predicted octanol–water partition coefficient (Wildman–Crippen LogP) is 3.34. The first kappa shape index (κ1) is 17.7. The van der Waals surface area contributed by atoms with Gasteiger partial charge in [0, 0.05) is 12.5 Å². The number of benzene rings is 2. The van der Waals surface area contributed by atoms with E-state index >= 15 is 0 Å². The van der Waals surface area contributed by atoms with E-state index in [-0.39, 0.29) is 6.61 Å². The number of aryl methyl sites for hydroxylation is 1. The van der Waals surface area contributed by atoms with Gasteiger partial charge < -0.3 is 15.1 Å². The molecule has 3 aliphatic rings. The van der Waals surface area contributed by atoms with Crippen LogP contribution in [0, 0.1) is 11.8 Å². The minimum atomic E-state index is -0.791. The fraction of sp³-hybridized carbons (Fsp3) is 0.478. The van der Waals surface area contributed by atoms with Crippen LogP contribution in [0.3, 0.4) is 0 Å². The Morgan fingerprint density at radius 1 is 0.962 bits per heavy atom. The number of aliphatic hydroxyl groups is 2. The van der Waals surface area contributed by atoms with E-state index in [9.17, 15) is 10.2 Å². The summed E-state index contributed by atoms with van der Waals surface area (Å²) in [5.41, 5.74) is 2.39. The Bertz CT molecular complexity index is 724. The lowest BCUT2D eigenvalue weighted by Gasteiger charge is -2.51. The summed E-state index contributed by atoms with van der Waals surface area (Å²) >= 11 is 0. The third-order valence-corrected chi connectivity index (χ3v) is 6.51. The van der Waals surface area contributed by atoms with Gasteiger partial charge in [-0.15, -0.1) is 0 Å². The Balaban J connectivity index is 1.60. The molecule has 0 aliphatic carbocycles. The molecule has 2 bridgehead atoms. The lowest BCUT2D eigenvalue weighted by Crippen LogP contribution is -2.55. The fourth-order valence-corrected chi connectivity index (χ4v) is 5.00. The van der Waals surface area contributed by atoms with Gasteiger partial charge in [-0.1, -0.05) is 54.6 Å². The minimum absolute atomic E-state index is 0.0659. The van der Waals surface area contributed by atoms with Gasteiger partial charge >= 0.3 is 0 Å². The Hall–Kier alpha value is -1.68. The van der Waals surface area contributed by atoms with Crippen LogP contribution in [0.4, 0.5) is 0 Å². The first-order valence-corrected chi connectivity index (χ1v) is 9.88. The highest BCUT2D eigenvalue weighted by Gasteiger charge is 2.47. The second-order valence-corrected chi connectivity index (χ2v) is 8.01. The molecule has 26 heavy (non-hydrogen) atoms. The van der Waals surface area contributed by atoms with Crippen molar-refractivity contribution in [2.45, 2.75) is 37.9 Å². The predicted molar refractivity (Wildman–Crippen MR) is 104 cm³/mol. The topological polar surface area (TPSA) is 43.7 Å².